The Morgan fingerprint density at radius 3 is 2.62 bits per heavy atom. The highest BCUT2D eigenvalue weighted by Crippen LogP contribution is 2.22. The molecule has 0 aliphatic carbocycles. The summed E-state index contributed by atoms with van der Waals surface area (Å²) in [5.74, 6) is 0.487. The van der Waals surface area contributed by atoms with Gasteiger partial charge < -0.3 is 10.4 Å². The monoisotopic (exact) mass is 242 g/mol. The molecule has 0 saturated heterocycles. The van der Waals surface area contributed by atoms with E-state index in [0.29, 0.717) is 5.92 Å². The Hall–Kier alpha value is -0.450. The number of nitrogens with zero attached hydrogens (tertiary/aromatic N) is 1. The normalized spacial score (nSPS) is 17.1. The smallest absolute Gasteiger partial charge is 0.0798 e. The fraction of sp³-hybridized carbons (Fsp3) is 0.750. The van der Waals surface area contributed by atoms with Crippen molar-refractivity contribution < 1.29 is 5.11 Å². The van der Waals surface area contributed by atoms with Crippen molar-refractivity contribution in [2.75, 3.05) is 6.61 Å². The van der Waals surface area contributed by atoms with E-state index in [-0.39, 0.29) is 18.7 Å². The van der Waals surface area contributed by atoms with Crippen molar-refractivity contribution in [3.63, 3.8) is 0 Å². The average molecular weight is 242 g/mol. The minimum absolute atomic E-state index is 0.168. The van der Waals surface area contributed by atoms with Crippen molar-refractivity contribution in [2.45, 2.75) is 46.2 Å². The Balaban J connectivity index is 2.62. The van der Waals surface area contributed by atoms with Crippen molar-refractivity contribution in [1.29, 1.82) is 0 Å². The lowest BCUT2D eigenvalue weighted by atomic mass is 9.99. The molecule has 0 aliphatic heterocycles. The minimum atomic E-state index is 0.168. The van der Waals surface area contributed by atoms with E-state index < -0.39 is 0 Å². The number of nitrogens with one attached hydrogen (secondary N) is 1. The zero-order chi connectivity index (χ0) is 12.1. The highest BCUT2D eigenvalue weighted by molar-refractivity contribution is 7.09. The van der Waals surface area contributed by atoms with Gasteiger partial charge in [0.2, 0.25) is 0 Å². The summed E-state index contributed by atoms with van der Waals surface area (Å²) in [4.78, 5) is 5.52. The second-order valence-electron chi connectivity index (χ2n) is 4.36. The second kappa shape index (κ2) is 6.33. The predicted molar refractivity (Wildman–Crippen MR) is 68.7 cm³/mol. The summed E-state index contributed by atoms with van der Waals surface area (Å²) >= 11 is 1.67. The molecule has 1 aromatic heterocycles. The highest BCUT2D eigenvalue weighted by Gasteiger charge is 2.19. The molecule has 16 heavy (non-hydrogen) atoms. The van der Waals surface area contributed by atoms with Crippen LogP contribution in [0, 0.1) is 12.8 Å². The Morgan fingerprint density at radius 1 is 1.50 bits per heavy atom. The molecule has 0 fully saturated rings. The summed E-state index contributed by atoms with van der Waals surface area (Å²) in [6.45, 7) is 8.67. The zero-order valence-corrected chi connectivity index (χ0v) is 11.3. The number of aliphatic hydroxyl groups excluding tert-OH is 1. The van der Waals surface area contributed by atoms with Gasteiger partial charge in [-0.1, -0.05) is 20.3 Å². The topological polar surface area (TPSA) is 45.1 Å². The van der Waals surface area contributed by atoms with Crippen LogP contribution in [-0.2, 0) is 0 Å². The van der Waals surface area contributed by atoms with E-state index in [1.54, 1.807) is 11.3 Å². The van der Waals surface area contributed by atoms with E-state index in [9.17, 15) is 5.11 Å². The third-order valence-electron chi connectivity index (χ3n) is 3.17. The SMILES string of the molecule is CCC(C)C(CO)NC(C)c1scnc1C. The summed E-state index contributed by atoms with van der Waals surface area (Å²) in [5.41, 5.74) is 2.96. The van der Waals surface area contributed by atoms with Gasteiger partial charge in [0, 0.05) is 17.0 Å². The Labute approximate surface area is 102 Å². The van der Waals surface area contributed by atoms with E-state index in [1.807, 2.05) is 12.4 Å². The number of rotatable bonds is 6. The Bertz CT molecular complexity index is 314. The van der Waals surface area contributed by atoms with Crippen molar-refractivity contribution >= 4 is 11.3 Å². The quantitative estimate of drug-likeness (QED) is 0.805. The average Bonchev–Trinajstić information content (AvgIpc) is 2.71. The van der Waals surface area contributed by atoms with Crippen LogP contribution in [0.2, 0.25) is 0 Å². The number of hydrogen-bond donors (Lipinski definition) is 2. The van der Waals surface area contributed by atoms with Gasteiger partial charge in [-0.2, -0.15) is 0 Å². The van der Waals surface area contributed by atoms with Gasteiger partial charge in [0.15, 0.2) is 0 Å². The lowest BCUT2D eigenvalue weighted by Gasteiger charge is -2.26. The lowest BCUT2D eigenvalue weighted by Crippen LogP contribution is -2.39. The summed E-state index contributed by atoms with van der Waals surface area (Å²) in [7, 11) is 0. The number of aliphatic hydroxyl groups is 1. The fourth-order valence-electron chi connectivity index (χ4n) is 1.80. The van der Waals surface area contributed by atoms with Crippen molar-refractivity contribution in [2.24, 2.45) is 5.92 Å². The predicted octanol–water partition coefficient (Wildman–Crippen LogP) is 2.51. The molecule has 3 unspecified atom stereocenters. The third-order valence-corrected chi connectivity index (χ3v) is 4.28. The molecule has 1 aromatic rings. The molecular weight excluding hydrogens is 220 g/mol. The molecule has 0 aliphatic rings. The molecule has 4 heteroatoms. The van der Waals surface area contributed by atoms with Crippen molar-refractivity contribution in [3.05, 3.63) is 16.1 Å². The van der Waals surface area contributed by atoms with E-state index in [4.69, 9.17) is 0 Å². The van der Waals surface area contributed by atoms with Crippen molar-refractivity contribution in [3.8, 4) is 0 Å². The molecular formula is C12H22N2OS. The van der Waals surface area contributed by atoms with E-state index in [0.717, 1.165) is 12.1 Å². The van der Waals surface area contributed by atoms with E-state index in [1.165, 1.54) is 4.88 Å². The lowest BCUT2D eigenvalue weighted by molar-refractivity contribution is 0.193. The molecule has 2 N–H and O–H groups in total. The van der Waals surface area contributed by atoms with Crippen LogP contribution in [0.1, 0.15) is 43.8 Å². The maximum absolute atomic E-state index is 9.37. The van der Waals surface area contributed by atoms with Crippen molar-refractivity contribution in [1.82, 2.24) is 10.3 Å². The van der Waals surface area contributed by atoms with E-state index in [2.05, 4.69) is 31.1 Å². The van der Waals surface area contributed by atoms with Gasteiger partial charge in [0.25, 0.3) is 0 Å². The highest BCUT2D eigenvalue weighted by atomic mass is 32.1. The Morgan fingerprint density at radius 2 is 2.19 bits per heavy atom. The largest absolute Gasteiger partial charge is 0.395 e. The molecule has 1 rings (SSSR count). The van der Waals surface area contributed by atoms with Crippen LogP contribution >= 0.6 is 11.3 Å². The molecule has 0 radical (unpaired) electrons. The zero-order valence-electron chi connectivity index (χ0n) is 10.5. The molecule has 0 aromatic carbocycles. The number of aromatic nitrogens is 1. The number of aryl methyl sites for hydroxylation is 1. The van der Waals surface area contributed by atoms with Gasteiger partial charge in [0.1, 0.15) is 0 Å². The summed E-state index contributed by atoms with van der Waals surface area (Å²) < 4.78 is 0. The first-order valence-corrected chi connectivity index (χ1v) is 6.75. The first-order valence-electron chi connectivity index (χ1n) is 5.87. The van der Waals surface area contributed by atoms with Gasteiger partial charge in [-0.05, 0) is 19.8 Å². The third kappa shape index (κ3) is 3.27. The molecule has 0 amide bonds. The second-order valence-corrected chi connectivity index (χ2v) is 5.25. The van der Waals surface area contributed by atoms with Gasteiger partial charge >= 0.3 is 0 Å². The van der Waals surface area contributed by atoms with Crippen LogP contribution in [-0.4, -0.2) is 22.7 Å². The van der Waals surface area contributed by atoms with Crippen LogP contribution in [0.5, 0.6) is 0 Å². The maximum atomic E-state index is 9.37. The maximum Gasteiger partial charge on any atom is 0.0798 e. The van der Waals surface area contributed by atoms with Crippen LogP contribution in [0.25, 0.3) is 0 Å². The van der Waals surface area contributed by atoms with Crippen LogP contribution in [0.3, 0.4) is 0 Å². The fourth-order valence-corrected chi connectivity index (χ4v) is 2.62. The molecule has 92 valence electrons. The van der Waals surface area contributed by atoms with Crippen LogP contribution in [0.4, 0.5) is 0 Å². The first-order chi connectivity index (χ1) is 7.60. The molecule has 0 spiro atoms. The first kappa shape index (κ1) is 13.6. The summed E-state index contributed by atoms with van der Waals surface area (Å²) in [6, 6.07) is 0.431. The molecule has 1 heterocycles. The Kier molecular flexibility index (Phi) is 5.38. The molecule has 0 bridgehead atoms. The molecule has 3 nitrogen and oxygen atoms in total. The minimum Gasteiger partial charge on any atom is -0.395 e. The summed E-state index contributed by atoms with van der Waals surface area (Å²) in [5, 5.41) is 12.8. The van der Waals surface area contributed by atoms with Gasteiger partial charge in [-0.25, -0.2) is 4.98 Å². The molecule has 0 saturated carbocycles. The number of hydrogen-bond acceptors (Lipinski definition) is 4. The summed E-state index contributed by atoms with van der Waals surface area (Å²) in [6.07, 6.45) is 1.08. The number of thiazole rings is 1. The van der Waals surface area contributed by atoms with Crippen LogP contribution < -0.4 is 5.32 Å². The van der Waals surface area contributed by atoms with Crippen LogP contribution in [0.15, 0.2) is 5.51 Å². The standard InChI is InChI=1S/C12H22N2OS/c1-5-8(2)11(6-15)14-10(4)12-9(3)13-7-16-12/h7-8,10-11,14-15H,5-6H2,1-4H3. The van der Waals surface area contributed by atoms with Gasteiger partial charge in [0.05, 0.1) is 17.8 Å². The van der Waals surface area contributed by atoms with Gasteiger partial charge in [-0.15, -0.1) is 11.3 Å². The molecule has 3 atom stereocenters. The van der Waals surface area contributed by atoms with Gasteiger partial charge in [-0.3, -0.25) is 0 Å². The van der Waals surface area contributed by atoms with E-state index >= 15 is 0 Å².